The number of carboxylic acids is 1. The maximum atomic E-state index is 13.3. The number of benzene rings is 1. The number of hydrogen-bond acceptors (Lipinski definition) is 6. The van der Waals surface area contributed by atoms with E-state index in [4.69, 9.17) is 5.73 Å². The van der Waals surface area contributed by atoms with E-state index in [0.29, 0.717) is 12.1 Å². The molecule has 0 saturated carbocycles. The van der Waals surface area contributed by atoms with Crippen molar-refractivity contribution in [3.8, 4) is 0 Å². The molecule has 0 radical (unpaired) electrons. The van der Waals surface area contributed by atoms with E-state index in [1.54, 1.807) is 6.92 Å². The summed E-state index contributed by atoms with van der Waals surface area (Å²) in [5.41, 5.74) is 7.04. The van der Waals surface area contributed by atoms with Crippen molar-refractivity contribution in [2.75, 3.05) is 0 Å². The minimum Gasteiger partial charge on any atom is -0.480 e. The molecule has 0 aliphatic carbocycles. The molecule has 1 aromatic carbocycles. The zero-order valence-electron chi connectivity index (χ0n) is 20.2. The fourth-order valence-corrected chi connectivity index (χ4v) is 3.40. The summed E-state index contributed by atoms with van der Waals surface area (Å²) < 4.78 is 0. The highest BCUT2D eigenvalue weighted by molar-refractivity contribution is 5.94. The molecule has 35 heavy (non-hydrogen) atoms. The first-order chi connectivity index (χ1) is 16.6. The molecule has 1 heterocycles. The van der Waals surface area contributed by atoms with Gasteiger partial charge in [-0.05, 0) is 18.4 Å². The van der Waals surface area contributed by atoms with E-state index in [1.807, 2.05) is 37.3 Å². The number of amides is 3. The van der Waals surface area contributed by atoms with Crippen LogP contribution in [0.1, 0.15) is 38.4 Å². The van der Waals surface area contributed by atoms with Gasteiger partial charge in [-0.3, -0.25) is 14.4 Å². The van der Waals surface area contributed by atoms with E-state index in [0.717, 1.165) is 5.56 Å². The van der Waals surface area contributed by atoms with Gasteiger partial charge < -0.3 is 31.8 Å². The first kappa shape index (κ1) is 27.5. The molecule has 0 spiro atoms. The Morgan fingerprint density at radius 1 is 0.971 bits per heavy atom. The molecular formula is C24H34N6O5. The fourth-order valence-electron chi connectivity index (χ4n) is 3.40. The lowest BCUT2D eigenvalue weighted by Gasteiger charge is -2.26. The predicted molar refractivity (Wildman–Crippen MR) is 129 cm³/mol. The zero-order valence-corrected chi connectivity index (χ0v) is 20.2. The third-order valence-corrected chi connectivity index (χ3v) is 5.72. The molecule has 5 atom stereocenters. The summed E-state index contributed by atoms with van der Waals surface area (Å²) in [6, 6.07) is 5.02. The summed E-state index contributed by atoms with van der Waals surface area (Å²) in [5, 5.41) is 17.4. The number of carbonyl (C=O) groups excluding carboxylic acids is 3. The van der Waals surface area contributed by atoms with Gasteiger partial charge in [0, 0.05) is 24.7 Å². The highest BCUT2D eigenvalue weighted by atomic mass is 16.4. The van der Waals surface area contributed by atoms with E-state index >= 15 is 0 Å². The summed E-state index contributed by atoms with van der Waals surface area (Å²) in [5.74, 6) is -3.25. The SMILES string of the molecule is CCC(C)C(NC(=O)C(Cc1cnc[nH]1)NC(=O)C(Cc1ccccc1)NC(=O)C(C)N)C(=O)O. The number of hydrogen-bond donors (Lipinski definition) is 6. The van der Waals surface area contributed by atoms with Gasteiger partial charge in [0.15, 0.2) is 0 Å². The van der Waals surface area contributed by atoms with Crippen LogP contribution in [0.3, 0.4) is 0 Å². The predicted octanol–water partition coefficient (Wildman–Crippen LogP) is 0.127. The van der Waals surface area contributed by atoms with E-state index < -0.39 is 47.9 Å². The summed E-state index contributed by atoms with van der Waals surface area (Å²) in [7, 11) is 0. The molecule has 11 heteroatoms. The van der Waals surface area contributed by atoms with Crippen molar-refractivity contribution in [3.05, 3.63) is 54.1 Å². The molecule has 2 rings (SSSR count). The van der Waals surface area contributed by atoms with Crippen molar-refractivity contribution in [3.63, 3.8) is 0 Å². The molecule has 11 nitrogen and oxygen atoms in total. The third kappa shape index (κ3) is 8.53. The van der Waals surface area contributed by atoms with Gasteiger partial charge in [-0.25, -0.2) is 9.78 Å². The Morgan fingerprint density at radius 3 is 2.11 bits per heavy atom. The van der Waals surface area contributed by atoms with Crippen LogP contribution in [0.25, 0.3) is 0 Å². The molecular weight excluding hydrogens is 452 g/mol. The number of nitrogens with two attached hydrogens (primary N) is 1. The van der Waals surface area contributed by atoms with Crippen LogP contribution in [-0.2, 0) is 32.0 Å². The van der Waals surface area contributed by atoms with Crippen LogP contribution in [0.2, 0.25) is 0 Å². The molecule has 1 aromatic heterocycles. The smallest absolute Gasteiger partial charge is 0.326 e. The van der Waals surface area contributed by atoms with E-state index in [-0.39, 0.29) is 18.8 Å². The number of nitrogens with one attached hydrogen (secondary N) is 4. The first-order valence-electron chi connectivity index (χ1n) is 11.5. The minimum absolute atomic E-state index is 0.0454. The average Bonchev–Trinajstić information content (AvgIpc) is 3.34. The molecule has 0 aliphatic heterocycles. The van der Waals surface area contributed by atoms with E-state index in [1.165, 1.54) is 19.4 Å². The number of aromatic nitrogens is 2. The molecule has 5 unspecified atom stereocenters. The van der Waals surface area contributed by atoms with Crippen LogP contribution in [0.15, 0.2) is 42.9 Å². The second-order valence-electron chi connectivity index (χ2n) is 8.59. The van der Waals surface area contributed by atoms with Gasteiger partial charge >= 0.3 is 5.97 Å². The van der Waals surface area contributed by atoms with Crippen LogP contribution >= 0.6 is 0 Å². The van der Waals surface area contributed by atoms with Crippen LogP contribution in [0, 0.1) is 5.92 Å². The van der Waals surface area contributed by atoms with Crippen LogP contribution in [-0.4, -0.2) is 62.9 Å². The highest BCUT2D eigenvalue weighted by Gasteiger charge is 2.32. The molecule has 2 aromatic rings. The monoisotopic (exact) mass is 486 g/mol. The summed E-state index contributed by atoms with van der Waals surface area (Å²) in [6.07, 6.45) is 3.71. The molecule has 0 bridgehead atoms. The summed E-state index contributed by atoms with van der Waals surface area (Å²) in [4.78, 5) is 57.2. The largest absolute Gasteiger partial charge is 0.480 e. The van der Waals surface area contributed by atoms with Gasteiger partial charge in [0.2, 0.25) is 17.7 Å². The number of aromatic amines is 1. The quantitative estimate of drug-likeness (QED) is 0.233. The average molecular weight is 487 g/mol. The van der Waals surface area contributed by atoms with Gasteiger partial charge in [-0.1, -0.05) is 50.6 Å². The lowest BCUT2D eigenvalue weighted by molar-refractivity contribution is -0.143. The number of carboxylic acid groups (broad SMARTS) is 1. The van der Waals surface area contributed by atoms with Crippen molar-refractivity contribution in [1.82, 2.24) is 25.9 Å². The topological polar surface area (TPSA) is 179 Å². The number of rotatable bonds is 13. The molecule has 0 saturated heterocycles. The number of H-pyrrole nitrogens is 1. The Kier molecular flexibility index (Phi) is 10.4. The zero-order chi connectivity index (χ0) is 26.0. The second kappa shape index (κ2) is 13.2. The molecule has 0 aliphatic rings. The van der Waals surface area contributed by atoms with Crippen molar-refractivity contribution >= 4 is 23.7 Å². The van der Waals surface area contributed by atoms with Crippen molar-refractivity contribution in [2.24, 2.45) is 11.7 Å². The molecule has 7 N–H and O–H groups in total. The Labute approximate surface area is 204 Å². The lowest BCUT2D eigenvalue weighted by Crippen LogP contribution is -2.58. The Balaban J connectivity index is 2.26. The fraction of sp³-hybridized carbons (Fsp3) is 0.458. The first-order valence-corrected chi connectivity index (χ1v) is 11.5. The molecule has 190 valence electrons. The van der Waals surface area contributed by atoms with Gasteiger partial charge in [-0.15, -0.1) is 0 Å². The Bertz CT molecular complexity index is 980. The summed E-state index contributed by atoms with van der Waals surface area (Å²) in [6.45, 7) is 5.05. The van der Waals surface area contributed by atoms with E-state index in [2.05, 4.69) is 25.9 Å². The third-order valence-electron chi connectivity index (χ3n) is 5.72. The standard InChI is InChI=1S/C24H34N6O5/c1-4-14(2)20(24(34)35)30-23(33)19(11-17-12-26-13-27-17)29-22(32)18(28-21(31)15(3)25)10-16-8-6-5-7-9-16/h5-9,12-15,18-20H,4,10-11,25H2,1-3H3,(H,26,27)(H,28,31)(H,29,32)(H,30,33)(H,34,35). The number of carbonyl (C=O) groups is 4. The number of imidazole rings is 1. The van der Waals surface area contributed by atoms with Gasteiger partial charge in [0.05, 0.1) is 12.4 Å². The molecule has 0 fully saturated rings. The van der Waals surface area contributed by atoms with Crippen molar-refractivity contribution in [1.29, 1.82) is 0 Å². The van der Waals surface area contributed by atoms with Crippen molar-refractivity contribution < 1.29 is 24.3 Å². The molecule has 3 amide bonds. The lowest BCUT2D eigenvalue weighted by atomic mass is 9.98. The summed E-state index contributed by atoms with van der Waals surface area (Å²) >= 11 is 0. The van der Waals surface area contributed by atoms with Crippen molar-refractivity contribution in [2.45, 2.75) is 64.2 Å². The Morgan fingerprint density at radius 2 is 1.57 bits per heavy atom. The van der Waals surface area contributed by atoms with Gasteiger partial charge in [0.1, 0.15) is 18.1 Å². The second-order valence-corrected chi connectivity index (χ2v) is 8.59. The Hall–Kier alpha value is -3.73. The maximum Gasteiger partial charge on any atom is 0.326 e. The number of aliphatic carboxylic acids is 1. The van der Waals surface area contributed by atoms with Crippen LogP contribution < -0.4 is 21.7 Å². The number of nitrogens with zero attached hydrogens (tertiary/aromatic N) is 1. The van der Waals surface area contributed by atoms with E-state index in [9.17, 15) is 24.3 Å². The highest BCUT2D eigenvalue weighted by Crippen LogP contribution is 2.10. The van der Waals surface area contributed by atoms with Gasteiger partial charge in [-0.2, -0.15) is 0 Å². The maximum absolute atomic E-state index is 13.3. The van der Waals surface area contributed by atoms with Gasteiger partial charge in [0.25, 0.3) is 0 Å². The van der Waals surface area contributed by atoms with Crippen LogP contribution in [0.4, 0.5) is 0 Å². The van der Waals surface area contributed by atoms with Crippen LogP contribution in [0.5, 0.6) is 0 Å². The minimum atomic E-state index is -1.16. The normalized spacial score (nSPS) is 15.2.